The van der Waals surface area contributed by atoms with Gasteiger partial charge in [-0.2, -0.15) is 5.10 Å². The minimum atomic E-state index is -0.805. The van der Waals surface area contributed by atoms with Gasteiger partial charge in [-0.1, -0.05) is 6.92 Å². The molecule has 0 fully saturated rings. The van der Waals surface area contributed by atoms with Crippen LogP contribution in [-0.4, -0.2) is 32.9 Å². The average molecular weight is 253 g/mol. The lowest BCUT2D eigenvalue weighted by molar-refractivity contribution is -0.144. The highest BCUT2D eigenvalue weighted by molar-refractivity contribution is 5.78. The molecule has 5 heteroatoms. The largest absolute Gasteiger partial charge is 0.480 e. The molecule has 0 spiro atoms. The van der Waals surface area contributed by atoms with Crippen LogP contribution in [-0.2, 0) is 11.3 Å². The predicted octanol–water partition coefficient (Wildman–Crippen LogP) is 1.90. The van der Waals surface area contributed by atoms with Crippen LogP contribution >= 0.6 is 0 Å². The molecule has 1 heterocycles. The first kappa shape index (κ1) is 14.7. The van der Waals surface area contributed by atoms with E-state index in [4.69, 9.17) is 0 Å². The third-order valence-electron chi connectivity index (χ3n) is 3.11. The Morgan fingerprint density at radius 1 is 1.50 bits per heavy atom. The summed E-state index contributed by atoms with van der Waals surface area (Å²) in [4.78, 5) is 11.3. The Hall–Kier alpha value is -1.36. The summed E-state index contributed by atoms with van der Waals surface area (Å²) in [5.41, 5.74) is -0.805. The third kappa shape index (κ3) is 4.49. The summed E-state index contributed by atoms with van der Waals surface area (Å²) >= 11 is 0. The maximum Gasteiger partial charge on any atom is 0.323 e. The first-order chi connectivity index (χ1) is 8.58. The summed E-state index contributed by atoms with van der Waals surface area (Å²) in [7, 11) is 0. The standard InChI is InChI=1S/C13H23N3O2/c1-3-8-14-13(2,12(17)18)7-4-5-10-16-11-6-9-15-16/h6,9,11,14H,3-5,7-8,10H2,1-2H3,(H,17,18). The number of hydrogen-bond acceptors (Lipinski definition) is 3. The highest BCUT2D eigenvalue weighted by Gasteiger charge is 2.31. The fourth-order valence-electron chi connectivity index (χ4n) is 1.86. The molecule has 0 bridgehead atoms. The second-order valence-electron chi connectivity index (χ2n) is 4.79. The van der Waals surface area contributed by atoms with E-state index >= 15 is 0 Å². The molecule has 0 aromatic carbocycles. The highest BCUT2D eigenvalue weighted by Crippen LogP contribution is 2.15. The summed E-state index contributed by atoms with van der Waals surface area (Å²) in [5, 5.41) is 16.5. The van der Waals surface area contributed by atoms with Gasteiger partial charge in [0.25, 0.3) is 0 Å². The molecule has 5 nitrogen and oxygen atoms in total. The second kappa shape index (κ2) is 7.16. The van der Waals surface area contributed by atoms with Gasteiger partial charge in [0.2, 0.25) is 0 Å². The summed E-state index contributed by atoms with van der Waals surface area (Å²) in [5.74, 6) is -0.768. The molecular formula is C13H23N3O2. The van der Waals surface area contributed by atoms with E-state index in [1.807, 2.05) is 23.9 Å². The zero-order valence-electron chi connectivity index (χ0n) is 11.2. The van der Waals surface area contributed by atoms with Crippen molar-refractivity contribution in [3.05, 3.63) is 18.5 Å². The Labute approximate surface area is 108 Å². The quantitative estimate of drug-likeness (QED) is 0.660. The first-order valence-electron chi connectivity index (χ1n) is 6.54. The lowest BCUT2D eigenvalue weighted by Gasteiger charge is -2.26. The Kier molecular flexibility index (Phi) is 5.85. The number of aliphatic carboxylic acids is 1. The minimum Gasteiger partial charge on any atom is -0.480 e. The number of nitrogens with one attached hydrogen (secondary N) is 1. The van der Waals surface area contributed by atoms with Crippen LogP contribution in [0.3, 0.4) is 0 Å². The normalized spacial score (nSPS) is 14.3. The lowest BCUT2D eigenvalue weighted by atomic mass is 9.94. The van der Waals surface area contributed by atoms with Crippen LogP contribution in [0.1, 0.15) is 39.5 Å². The maximum atomic E-state index is 11.3. The van der Waals surface area contributed by atoms with E-state index in [1.165, 1.54) is 0 Å². The molecule has 102 valence electrons. The summed E-state index contributed by atoms with van der Waals surface area (Å²) in [6.07, 6.45) is 7.08. The number of carboxylic acids is 1. The molecule has 1 atom stereocenters. The van der Waals surface area contributed by atoms with E-state index in [0.29, 0.717) is 6.42 Å². The zero-order chi connectivity index (χ0) is 13.4. The molecule has 0 radical (unpaired) electrons. The van der Waals surface area contributed by atoms with Crippen LogP contribution in [0.5, 0.6) is 0 Å². The molecule has 0 aliphatic rings. The zero-order valence-corrected chi connectivity index (χ0v) is 11.2. The fourth-order valence-corrected chi connectivity index (χ4v) is 1.86. The molecular weight excluding hydrogens is 230 g/mol. The van der Waals surface area contributed by atoms with Crippen molar-refractivity contribution in [2.24, 2.45) is 0 Å². The van der Waals surface area contributed by atoms with Gasteiger partial charge in [0, 0.05) is 18.9 Å². The number of aromatic nitrogens is 2. The van der Waals surface area contributed by atoms with Crippen LogP contribution in [0.4, 0.5) is 0 Å². The third-order valence-corrected chi connectivity index (χ3v) is 3.11. The topological polar surface area (TPSA) is 67.2 Å². The SMILES string of the molecule is CCCNC(C)(CCCCn1cccn1)C(=O)O. The Morgan fingerprint density at radius 3 is 2.83 bits per heavy atom. The van der Waals surface area contributed by atoms with E-state index in [0.717, 1.165) is 32.4 Å². The number of aryl methyl sites for hydroxylation is 1. The van der Waals surface area contributed by atoms with Gasteiger partial charge in [0.1, 0.15) is 5.54 Å². The van der Waals surface area contributed by atoms with Crippen LogP contribution in [0.15, 0.2) is 18.5 Å². The molecule has 0 aliphatic heterocycles. The monoisotopic (exact) mass is 253 g/mol. The lowest BCUT2D eigenvalue weighted by Crippen LogP contribution is -2.49. The highest BCUT2D eigenvalue weighted by atomic mass is 16.4. The van der Waals surface area contributed by atoms with Gasteiger partial charge in [-0.3, -0.25) is 9.48 Å². The fraction of sp³-hybridized carbons (Fsp3) is 0.692. The smallest absolute Gasteiger partial charge is 0.323 e. The number of unbranched alkanes of at least 4 members (excludes halogenated alkanes) is 1. The molecule has 0 saturated heterocycles. The maximum absolute atomic E-state index is 11.3. The van der Waals surface area contributed by atoms with Gasteiger partial charge in [0.05, 0.1) is 0 Å². The van der Waals surface area contributed by atoms with E-state index in [1.54, 1.807) is 13.1 Å². The molecule has 2 N–H and O–H groups in total. The number of hydrogen-bond donors (Lipinski definition) is 2. The van der Waals surface area contributed by atoms with Crippen molar-refractivity contribution in [3.63, 3.8) is 0 Å². The average Bonchev–Trinajstić information content (AvgIpc) is 2.85. The molecule has 1 rings (SSSR count). The van der Waals surface area contributed by atoms with Crippen LogP contribution in [0, 0.1) is 0 Å². The van der Waals surface area contributed by atoms with Gasteiger partial charge < -0.3 is 10.4 Å². The number of carboxylic acid groups (broad SMARTS) is 1. The van der Waals surface area contributed by atoms with Crippen LogP contribution < -0.4 is 5.32 Å². The van der Waals surface area contributed by atoms with Gasteiger partial charge >= 0.3 is 5.97 Å². The first-order valence-corrected chi connectivity index (χ1v) is 6.54. The summed E-state index contributed by atoms with van der Waals surface area (Å²) in [6.45, 7) is 5.38. The van der Waals surface area contributed by atoms with Crippen molar-refractivity contribution in [1.29, 1.82) is 0 Å². The number of carbonyl (C=O) groups is 1. The van der Waals surface area contributed by atoms with E-state index in [2.05, 4.69) is 10.4 Å². The molecule has 1 unspecified atom stereocenters. The van der Waals surface area contributed by atoms with Crippen molar-refractivity contribution in [3.8, 4) is 0 Å². The van der Waals surface area contributed by atoms with Crippen molar-refractivity contribution in [2.75, 3.05) is 6.54 Å². The van der Waals surface area contributed by atoms with Crippen molar-refractivity contribution >= 4 is 5.97 Å². The van der Waals surface area contributed by atoms with E-state index in [9.17, 15) is 9.90 Å². The van der Waals surface area contributed by atoms with Crippen LogP contribution in [0.25, 0.3) is 0 Å². The Morgan fingerprint density at radius 2 is 2.28 bits per heavy atom. The van der Waals surface area contributed by atoms with E-state index in [-0.39, 0.29) is 0 Å². The predicted molar refractivity (Wildman–Crippen MR) is 70.4 cm³/mol. The van der Waals surface area contributed by atoms with Crippen LogP contribution in [0.2, 0.25) is 0 Å². The molecule has 1 aromatic heterocycles. The molecule has 0 aliphatic carbocycles. The van der Waals surface area contributed by atoms with E-state index < -0.39 is 11.5 Å². The second-order valence-corrected chi connectivity index (χ2v) is 4.79. The molecule has 0 saturated carbocycles. The number of nitrogens with zero attached hydrogens (tertiary/aromatic N) is 2. The summed E-state index contributed by atoms with van der Waals surface area (Å²) < 4.78 is 1.87. The molecule has 1 aromatic rings. The summed E-state index contributed by atoms with van der Waals surface area (Å²) in [6, 6.07) is 1.89. The van der Waals surface area contributed by atoms with Crippen molar-refractivity contribution in [1.82, 2.24) is 15.1 Å². The Balaban J connectivity index is 2.31. The van der Waals surface area contributed by atoms with Gasteiger partial charge in [-0.05, 0) is 45.2 Å². The van der Waals surface area contributed by atoms with Gasteiger partial charge in [-0.15, -0.1) is 0 Å². The van der Waals surface area contributed by atoms with Crippen molar-refractivity contribution in [2.45, 2.75) is 51.6 Å². The minimum absolute atomic E-state index is 0.642. The molecule has 18 heavy (non-hydrogen) atoms. The van der Waals surface area contributed by atoms with Gasteiger partial charge in [0.15, 0.2) is 0 Å². The molecule has 0 amide bonds. The number of rotatable bonds is 9. The van der Waals surface area contributed by atoms with Crippen molar-refractivity contribution < 1.29 is 9.90 Å². The van der Waals surface area contributed by atoms with Gasteiger partial charge in [-0.25, -0.2) is 0 Å². The Bertz CT molecular complexity index is 351.